The highest BCUT2D eigenvalue weighted by atomic mass is 19.0. The monoisotopic (exact) mass is 127 g/mol. The Balaban J connectivity index is 0.000000640. The molecule has 1 nitrogen and oxygen atoms in total. The summed E-state index contributed by atoms with van der Waals surface area (Å²) in [5, 5.41) is 0. The minimum atomic E-state index is 0. The van der Waals surface area contributed by atoms with Crippen molar-refractivity contribution in [3.8, 4) is 0 Å². The van der Waals surface area contributed by atoms with Gasteiger partial charge in [-0.1, -0.05) is 0 Å². The van der Waals surface area contributed by atoms with E-state index in [-0.39, 0.29) is 4.70 Å². The van der Waals surface area contributed by atoms with E-state index in [9.17, 15) is 0 Å². The van der Waals surface area contributed by atoms with E-state index >= 15 is 0 Å². The first-order chi connectivity index (χ1) is 3.79. The molecular weight excluding hydrogens is 117 g/mol. The number of aromatic nitrogens is 1. The van der Waals surface area contributed by atoms with Crippen LogP contribution >= 0.6 is 0 Å². The largest absolute Gasteiger partial charge is 1.00 e. The van der Waals surface area contributed by atoms with Crippen LogP contribution in [0, 0.1) is 6.92 Å². The maximum Gasteiger partial charge on any atom is 0.168 e. The van der Waals surface area contributed by atoms with Crippen LogP contribution in [0.15, 0.2) is 24.5 Å². The molecule has 1 aromatic rings. The number of aryl methyl sites for hydroxylation is 2. The highest BCUT2D eigenvalue weighted by Gasteiger charge is 1.85. The predicted molar refractivity (Wildman–Crippen MR) is 32.4 cm³/mol. The third-order valence-electron chi connectivity index (χ3n) is 1.15. The van der Waals surface area contributed by atoms with E-state index in [1.54, 1.807) is 0 Å². The normalized spacial score (nSPS) is 8.22. The van der Waals surface area contributed by atoms with Crippen LogP contribution in [0.3, 0.4) is 0 Å². The lowest BCUT2D eigenvalue weighted by atomic mass is 10.3. The molecule has 0 amide bonds. The summed E-state index contributed by atoms with van der Waals surface area (Å²) in [5.74, 6) is 0. The minimum absolute atomic E-state index is 0. The Kier molecular flexibility index (Phi) is 2.85. The number of nitrogens with zero attached hydrogens (tertiary/aromatic N) is 1. The fourth-order valence-electron chi connectivity index (χ4n) is 0.576. The number of pyridine rings is 1. The number of hydrogen-bond acceptors (Lipinski definition) is 0. The van der Waals surface area contributed by atoms with Crippen LogP contribution in [0.5, 0.6) is 0 Å². The molecule has 0 unspecified atom stereocenters. The SMILES string of the molecule is Cc1cc[n+](C)cc1.[F-]. The standard InChI is InChI=1S/C7H10N.FH/c1-7-3-5-8(2)6-4-7;/h3-6H,1-2H3;1H/q+1;/p-1. The van der Waals surface area contributed by atoms with E-state index in [2.05, 4.69) is 19.1 Å². The molecule has 0 aliphatic rings. The lowest BCUT2D eigenvalue weighted by Gasteiger charge is -1.85. The van der Waals surface area contributed by atoms with Gasteiger partial charge in [-0.15, -0.1) is 0 Å². The van der Waals surface area contributed by atoms with E-state index in [1.165, 1.54) is 5.56 Å². The Labute approximate surface area is 54.3 Å². The summed E-state index contributed by atoms with van der Waals surface area (Å²) in [6, 6.07) is 4.17. The molecule has 0 saturated heterocycles. The molecule has 0 aromatic carbocycles. The molecule has 0 saturated carbocycles. The zero-order chi connectivity index (χ0) is 5.98. The van der Waals surface area contributed by atoms with Gasteiger partial charge in [-0.25, -0.2) is 4.57 Å². The quantitative estimate of drug-likeness (QED) is 0.349. The van der Waals surface area contributed by atoms with Gasteiger partial charge in [0.05, 0.1) is 0 Å². The van der Waals surface area contributed by atoms with E-state index in [4.69, 9.17) is 0 Å². The van der Waals surface area contributed by atoms with Gasteiger partial charge in [-0.2, -0.15) is 0 Å². The second-order valence-electron chi connectivity index (χ2n) is 2.04. The molecule has 0 spiro atoms. The zero-order valence-corrected chi connectivity index (χ0v) is 5.63. The molecule has 0 aliphatic heterocycles. The van der Waals surface area contributed by atoms with Gasteiger partial charge in [-0.3, -0.25) is 0 Å². The van der Waals surface area contributed by atoms with Crippen molar-refractivity contribution in [1.29, 1.82) is 0 Å². The number of halogens is 1. The molecule has 50 valence electrons. The van der Waals surface area contributed by atoms with Crippen molar-refractivity contribution in [3.63, 3.8) is 0 Å². The van der Waals surface area contributed by atoms with Crippen molar-refractivity contribution in [3.05, 3.63) is 30.1 Å². The van der Waals surface area contributed by atoms with Crippen molar-refractivity contribution >= 4 is 0 Å². The van der Waals surface area contributed by atoms with E-state index < -0.39 is 0 Å². The lowest BCUT2D eigenvalue weighted by Crippen LogP contribution is -3.00. The van der Waals surface area contributed by atoms with Crippen molar-refractivity contribution < 1.29 is 9.27 Å². The van der Waals surface area contributed by atoms with Crippen molar-refractivity contribution in [2.75, 3.05) is 0 Å². The van der Waals surface area contributed by atoms with Crippen LogP contribution in [0.1, 0.15) is 5.56 Å². The van der Waals surface area contributed by atoms with Crippen molar-refractivity contribution in [1.82, 2.24) is 0 Å². The third-order valence-corrected chi connectivity index (χ3v) is 1.15. The summed E-state index contributed by atoms with van der Waals surface area (Å²) < 4.78 is 2.02. The minimum Gasteiger partial charge on any atom is -1.00 e. The molecule has 1 heterocycles. The summed E-state index contributed by atoms with van der Waals surface area (Å²) in [5.41, 5.74) is 1.31. The second-order valence-corrected chi connectivity index (χ2v) is 2.04. The molecule has 0 aliphatic carbocycles. The van der Waals surface area contributed by atoms with E-state index in [0.29, 0.717) is 0 Å². The van der Waals surface area contributed by atoms with Gasteiger partial charge in [0.15, 0.2) is 12.4 Å². The first-order valence-corrected chi connectivity index (χ1v) is 2.71. The molecule has 0 radical (unpaired) electrons. The first-order valence-electron chi connectivity index (χ1n) is 2.71. The van der Waals surface area contributed by atoms with Crippen molar-refractivity contribution in [2.45, 2.75) is 6.92 Å². The molecule has 2 heteroatoms. The summed E-state index contributed by atoms with van der Waals surface area (Å²) >= 11 is 0. The van der Waals surface area contributed by atoms with Crippen LogP contribution in [0.4, 0.5) is 0 Å². The maximum atomic E-state index is 2.08. The zero-order valence-electron chi connectivity index (χ0n) is 5.63. The molecule has 0 fully saturated rings. The van der Waals surface area contributed by atoms with Gasteiger partial charge >= 0.3 is 0 Å². The van der Waals surface area contributed by atoms with E-state index in [1.807, 2.05) is 24.0 Å². The molecule has 1 rings (SSSR count). The highest BCUT2D eigenvalue weighted by molar-refractivity contribution is 5.02. The summed E-state index contributed by atoms with van der Waals surface area (Å²) in [6.45, 7) is 2.08. The smallest absolute Gasteiger partial charge is 0.168 e. The molecule has 0 atom stereocenters. The second kappa shape index (κ2) is 3.17. The Morgan fingerprint density at radius 1 is 1.22 bits per heavy atom. The molecule has 9 heavy (non-hydrogen) atoms. The number of rotatable bonds is 0. The van der Waals surface area contributed by atoms with E-state index in [0.717, 1.165) is 0 Å². The van der Waals surface area contributed by atoms with Crippen LogP contribution < -0.4 is 9.27 Å². The van der Waals surface area contributed by atoms with Crippen LogP contribution in [-0.4, -0.2) is 0 Å². The van der Waals surface area contributed by atoms with Crippen LogP contribution in [-0.2, 0) is 7.05 Å². The van der Waals surface area contributed by atoms with Crippen LogP contribution in [0.25, 0.3) is 0 Å². The summed E-state index contributed by atoms with van der Waals surface area (Å²) in [7, 11) is 2.01. The lowest BCUT2D eigenvalue weighted by molar-refractivity contribution is -0.671. The topological polar surface area (TPSA) is 3.88 Å². The van der Waals surface area contributed by atoms with Gasteiger partial charge in [-0.05, 0) is 12.5 Å². The van der Waals surface area contributed by atoms with Crippen LogP contribution in [0.2, 0.25) is 0 Å². The summed E-state index contributed by atoms with van der Waals surface area (Å²) in [4.78, 5) is 0. The molecule has 1 aromatic heterocycles. The molecule has 0 N–H and O–H groups in total. The fourth-order valence-corrected chi connectivity index (χ4v) is 0.576. The Morgan fingerprint density at radius 2 is 1.67 bits per heavy atom. The molecular formula is C7H10FN. The Hall–Kier alpha value is -0.920. The van der Waals surface area contributed by atoms with Gasteiger partial charge in [0.25, 0.3) is 0 Å². The predicted octanol–water partition coefficient (Wildman–Crippen LogP) is -2.18. The van der Waals surface area contributed by atoms with Gasteiger partial charge in [0.2, 0.25) is 0 Å². The highest BCUT2D eigenvalue weighted by Crippen LogP contribution is 1.87. The van der Waals surface area contributed by atoms with Crippen molar-refractivity contribution in [2.24, 2.45) is 7.05 Å². The average Bonchev–Trinajstić information content (AvgIpc) is 1.77. The molecule has 0 bridgehead atoms. The Bertz CT molecular complexity index is 148. The summed E-state index contributed by atoms with van der Waals surface area (Å²) in [6.07, 6.45) is 4.07. The van der Waals surface area contributed by atoms with Gasteiger partial charge in [0.1, 0.15) is 7.05 Å². The maximum absolute atomic E-state index is 2.08. The number of hydrogen-bond donors (Lipinski definition) is 0. The fraction of sp³-hybridized carbons (Fsp3) is 0.286. The average molecular weight is 127 g/mol. The third kappa shape index (κ3) is 2.22. The van der Waals surface area contributed by atoms with Gasteiger partial charge < -0.3 is 4.70 Å². The first kappa shape index (κ1) is 8.08. The van der Waals surface area contributed by atoms with Gasteiger partial charge in [0, 0.05) is 12.1 Å². The Morgan fingerprint density at radius 3 is 2.00 bits per heavy atom.